The predicted octanol–water partition coefficient (Wildman–Crippen LogP) is 2.21. The second kappa shape index (κ2) is 3.86. The van der Waals surface area contributed by atoms with E-state index in [4.69, 9.17) is 9.47 Å². The maximum absolute atomic E-state index is 5.11. The smallest absolute Gasteiger partial charge is 0.229 e. The van der Waals surface area contributed by atoms with Crippen molar-refractivity contribution in [2.24, 2.45) is 0 Å². The fraction of sp³-hybridized carbons (Fsp3) is 0.571. The molecule has 0 aromatic heterocycles. The van der Waals surface area contributed by atoms with Crippen molar-refractivity contribution in [3.8, 4) is 0 Å². The van der Waals surface area contributed by atoms with Gasteiger partial charge in [0.15, 0.2) is 0 Å². The minimum absolute atomic E-state index is 0.367. The molecule has 3 heteroatoms. The highest BCUT2D eigenvalue weighted by molar-refractivity contribution is 9.09. The van der Waals surface area contributed by atoms with Crippen molar-refractivity contribution in [3.63, 3.8) is 0 Å². The molecule has 2 nitrogen and oxygen atoms in total. The molecular formula is C7H10BrO2. The Kier molecular flexibility index (Phi) is 3.06. The molecule has 0 N–H and O–H groups in total. The Bertz CT molecular complexity index is 134. The molecule has 0 aliphatic carbocycles. The Balaban J connectivity index is 2.23. The summed E-state index contributed by atoms with van der Waals surface area (Å²) in [6, 6.07) is 0. The second-order valence-electron chi connectivity index (χ2n) is 2.10. The van der Waals surface area contributed by atoms with Gasteiger partial charge in [-0.3, -0.25) is 0 Å². The third-order valence-corrected chi connectivity index (χ3v) is 2.04. The summed E-state index contributed by atoms with van der Waals surface area (Å²) in [5.41, 5.74) is 0. The molecule has 1 aliphatic heterocycles. The molecule has 1 radical (unpaired) electrons. The van der Waals surface area contributed by atoms with Gasteiger partial charge in [-0.2, -0.15) is 0 Å². The standard InChI is InChI=1S/C7H10BrO2/c1-2-6(8)3-7-4-9-5-10-7/h4,6H,1-3,5H2. The molecule has 10 heavy (non-hydrogen) atoms. The number of ether oxygens (including phenoxy) is 2. The zero-order chi connectivity index (χ0) is 7.40. The molecule has 1 aliphatic rings. The van der Waals surface area contributed by atoms with E-state index in [9.17, 15) is 0 Å². The average molecular weight is 206 g/mol. The van der Waals surface area contributed by atoms with E-state index in [0.717, 1.165) is 18.6 Å². The Hall–Kier alpha value is -0.180. The average Bonchev–Trinajstić information content (AvgIpc) is 2.40. The normalized spacial score (nSPS) is 19.2. The molecule has 0 aromatic rings. The molecule has 0 saturated heterocycles. The second-order valence-corrected chi connectivity index (χ2v) is 3.40. The first-order valence-corrected chi connectivity index (χ1v) is 4.11. The molecule has 1 rings (SSSR count). The lowest BCUT2D eigenvalue weighted by Gasteiger charge is -2.04. The fourth-order valence-electron chi connectivity index (χ4n) is 0.698. The quantitative estimate of drug-likeness (QED) is 0.659. The SMILES string of the molecule is [CH2]CC(Br)CC1=COCO1. The van der Waals surface area contributed by atoms with Crippen molar-refractivity contribution < 1.29 is 9.47 Å². The number of hydrogen-bond donors (Lipinski definition) is 0. The molecule has 1 heterocycles. The molecule has 57 valence electrons. The van der Waals surface area contributed by atoms with Crippen LogP contribution in [0.2, 0.25) is 0 Å². The maximum atomic E-state index is 5.11. The number of alkyl halides is 1. The Morgan fingerprint density at radius 2 is 2.60 bits per heavy atom. The third kappa shape index (κ3) is 2.21. The molecule has 0 amide bonds. The highest BCUT2D eigenvalue weighted by Gasteiger charge is 2.10. The van der Waals surface area contributed by atoms with Gasteiger partial charge in [-0.25, -0.2) is 0 Å². The lowest BCUT2D eigenvalue weighted by molar-refractivity contribution is 0.0779. The van der Waals surface area contributed by atoms with Crippen LogP contribution < -0.4 is 0 Å². The number of halogens is 1. The first kappa shape index (κ1) is 7.92. The van der Waals surface area contributed by atoms with Gasteiger partial charge in [-0.15, -0.1) is 0 Å². The van der Waals surface area contributed by atoms with E-state index >= 15 is 0 Å². The minimum atomic E-state index is 0.367. The Morgan fingerprint density at radius 3 is 3.10 bits per heavy atom. The monoisotopic (exact) mass is 205 g/mol. The van der Waals surface area contributed by atoms with Gasteiger partial charge in [0.05, 0.1) is 0 Å². The summed E-state index contributed by atoms with van der Waals surface area (Å²) in [5.74, 6) is 0.908. The van der Waals surface area contributed by atoms with Crippen molar-refractivity contribution in [3.05, 3.63) is 18.9 Å². The molecular weight excluding hydrogens is 196 g/mol. The fourth-order valence-corrected chi connectivity index (χ4v) is 1.02. The van der Waals surface area contributed by atoms with Crippen LogP contribution in [-0.4, -0.2) is 11.6 Å². The highest BCUT2D eigenvalue weighted by atomic mass is 79.9. The lowest BCUT2D eigenvalue weighted by atomic mass is 10.2. The van der Waals surface area contributed by atoms with Crippen LogP contribution in [0.1, 0.15) is 12.8 Å². The number of hydrogen-bond acceptors (Lipinski definition) is 2. The van der Waals surface area contributed by atoms with Gasteiger partial charge in [0, 0.05) is 11.2 Å². The van der Waals surface area contributed by atoms with E-state index < -0.39 is 0 Å². The lowest BCUT2D eigenvalue weighted by Crippen LogP contribution is -1.97. The van der Waals surface area contributed by atoms with Crippen LogP contribution in [0, 0.1) is 6.92 Å². The van der Waals surface area contributed by atoms with E-state index in [1.165, 1.54) is 0 Å². The van der Waals surface area contributed by atoms with Crippen molar-refractivity contribution in [2.75, 3.05) is 6.79 Å². The summed E-state index contributed by atoms with van der Waals surface area (Å²) in [7, 11) is 0. The first-order valence-electron chi connectivity index (χ1n) is 3.19. The first-order chi connectivity index (χ1) is 4.83. The van der Waals surface area contributed by atoms with E-state index in [2.05, 4.69) is 22.9 Å². The van der Waals surface area contributed by atoms with Gasteiger partial charge in [0.25, 0.3) is 0 Å². The molecule has 0 fully saturated rings. The molecule has 0 bridgehead atoms. The Morgan fingerprint density at radius 1 is 1.80 bits per heavy atom. The summed E-state index contributed by atoms with van der Waals surface area (Å²) in [5, 5.41) is 0. The van der Waals surface area contributed by atoms with Crippen molar-refractivity contribution in [1.29, 1.82) is 0 Å². The van der Waals surface area contributed by atoms with Crippen molar-refractivity contribution in [1.82, 2.24) is 0 Å². The van der Waals surface area contributed by atoms with Gasteiger partial charge >= 0.3 is 0 Å². The van der Waals surface area contributed by atoms with E-state index in [1.54, 1.807) is 6.26 Å². The summed E-state index contributed by atoms with van der Waals surface area (Å²) in [4.78, 5) is 0.403. The van der Waals surface area contributed by atoms with Crippen LogP contribution in [0.5, 0.6) is 0 Å². The van der Waals surface area contributed by atoms with Crippen LogP contribution in [0.3, 0.4) is 0 Å². The van der Waals surface area contributed by atoms with Gasteiger partial charge in [-0.05, 0) is 6.42 Å². The van der Waals surface area contributed by atoms with E-state index in [0.29, 0.717) is 11.6 Å². The largest absolute Gasteiger partial charge is 0.462 e. The van der Waals surface area contributed by atoms with Gasteiger partial charge < -0.3 is 9.47 Å². The van der Waals surface area contributed by atoms with Gasteiger partial charge in [0.1, 0.15) is 12.0 Å². The van der Waals surface area contributed by atoms with Gasteiger partial charge in [-0.1, -0.05) is 22.9 Å². The molecule has 0 aromatic carbocycles. The third-order valence-electron chi connectivity index (χ3n) is 1.26. The molecule has 1 atom stereocenters. The molecule has 1 unspecified atom stereocenters. The van der Waals surface area contributed by atoms with Crippen LogP contribution in [0.25, 0.3) is 0 Å². The summed E-state index contributed by atoms with van der Waals surface area (Å²) in [6.07, 6.45) is 3.38. The zero-order valence-corrected chi connectivity index (χ0v) is 7.26. The van der Waals surface area contributed by atoms with Crippen LogP contribution in [-0.2, 0) is 9.47 Å². The van der Waals surface area contributed by atoms with E-state index in [-0.39, 0.29) is 0 Å². The highest BCUT2D eigenvalue weighted by Crippen LogP contribution is 2.19. The minimum Gasteiger partial charge on any atom is -0.462 e. The summed E-state index contributed by atoms with van der Waals surface area (Å²) < 4.78 is 9.98. The molecule has 0 spiro atoms. The van der Waals surface area contributed by atoms with Crippen molar-refractivity contribution in [2.45, 2.75) is 17.7 Å². The predicted molar refractivity (Wildman–Crippen MR) is 42.4 cm³/mol. The van der Waals surface area contributed by atoms with Gasteiger partial charge in [0.2, 0.25) is 6.79 Å². The van der Waals surface area contributed by atoms with Crippen LogP contribution >= 0.6 is 15.9 Å². The molecule has 0 saturated carbocycles. The maximum Gasteiger partial charge on any atom is 0.229 e. The number of allylic oxidation sites excluding steroid dienone is 1. The summed E-state index contributed by atoms with van der Waals surface area (Å²) in [6.45, 7) is 4.12. The van der Waals surface area contributed by atoms with Crippen LogP contribution in [0.4, 0.5) is 0 Å². The summed E-state index contributed by atoms with van der Waals surface area (Å²) >= 11 is 3.45. The van der Waals surface area contributed by atoms with E-state index in [1.807, 2.05) is 0 Å². The number of rotatable bonds is 3. The Labute approximate surface area is 69.3 Å². The zero-order valence-electron chi connectivity index (χ0n) is 5.68. The van der Waals surface area contributed by atoms with Crippen molar-refractivity contribution >= 4 is 15.9 Å². The van der Waals surface area contributed by atoms with Crippen LogP contribution in [0.15, 0.2) is 12.0 Å². The topological polar surface area (TPSA) is 18.5 Å².